The lowest BCUT2D eigenvalue weighted by Crippen LogP contribution is -2.27. The summed E-state index contributed by atoms with van der Waals surface area (Å²) in [6.07, 6.45) is 1.87. The molecule has 1 aliphatic rings. The second kappa shape index (κ2) is 5.27. The molecule has 1 fully saturated rings. The van der Waals surface area contributed by atoms with E-state index in [2.05, 4.69) is 0 Å². The Hall–Kier alpha value is -0.420. The van der Waals surface area contributed by atoms with Gasteiger partial charge in [0.25, 0.3) is 0 Å². The fourth-order valence-corrected chi connectivity index (χ4v) is 3.14. The van der Waals surface area contributed by atoms with Gasteiger partial charge in [-0.25, -0.2) is 0 Å². The van der Waals surface area contributed by atoms with Crippen LogP contribution in [0.25, 0.3) is 0 Å². The zero-order valence-electron chi connectivity index (χ0n) is 10.1. The summed E-state index contributed by atoms with van der Waals surface area (Å²) in [5, 5.41) is 8.31. The van der Waals surface area contributed by atoms with Crippen molar-refractivity contribution in [2.24, 2.45) is 0 Å². The SMILES string of the molecule is CC(CC(=O)O)S(=O)CC1CCC(C)(C)O1. The van der Waals surface area contributed by atoms with E-state index in [1.807, 2.05) is 13.8 Å². The molecule has 3 unspecified atom stereocenters. The van der Waals surface area contributed by atoms with Crippen LogP contribution in [0.3, 0.4) is 0 Å². The van der Waals surface area contributed by atoms with E-state index in [1.165, 1.54) is 0 Å². The van der Waals surface area contributed by atoms with Gasteiger partial charge in [-0.15, -0.1) is 0 Å². The largest absolute Gasteiger partial charge is 0.481 e. The minimum absolute atomic E-state index is 0.0204. The summed E-state index contributed by atoms with van der Waals surface area (Å²) in [6, 6.07) is 0. The normalized spacial score (nSPS) is 27.6. The highest BCUT2D eigenvalue weighted by molar-refractivity contribution is 7.85. The van der Waals surface area contributed by atoms with Crippen LogP contribution < -0.4 is 0 Å². The van der Waals surface area contributed by atoms with Gasteiger partial charge < -0.3 is 9.84 Å². The Bertz CT molecular complexity index is 288. The van der Waals surface area contributed by atoms with Crippen molar-refractivity contribution in [2.75, 3.05) is 5.75 Å². The molecule has 0 aliphatic carbocycles. The van der Waals surface area contributed by atoms with Gasteiger partial charge in [0.1, 0.15) is 0 Å². The molecule has 1 N–H and O–H groups in total. The highest BCUT2D eigenvalue weighted by Gasteiger charge is 2.33. The Morgan fingerprint density at radius 2 is 2.25 bits per heavy atom. The molecule has 1 aliphatic heterocycles. The number of carboxylic acid groups (broad SMARTS) is 1. The van der Waals surface area contributed by atoms with Gasteiger partial charge in [0.15, 0.2) is 0 Å². The molecule has 1 heterocycles. The van der Waals surface area contributed by atoms with Gasteiger partial charge in [-0.1, -0.05) is 6.92 Å². The van der Waals surface area contributed by atoms with E-state index in [0.29, 0.717) is 5.75 Å². The molecule has 0 aromatic heterocycles. The van der Waals surface area contributed by atoms with Crippen LogP contribution in [0.15, 0.2) is 0 Å². The predicted molar refractivity (Wildman–Crippen MR) is 62.9 cm³/mol. The molecule has 0 radical (unpaired) electrons. The number of hydrogen-bond donors (Lipinski definition) is 1. The van der Waals surface area contributed by atoms with Crippen molar-refractivity contribution in [2.45, 2.75) is 57.0 Å². The predicted octanol–water partition coefficient (Wildman–Crippen LogP) is 1.56. The van der Waals surface area contributed by atoms with Crippen LogP contribution in [0, 0.1) is 0 Å². The van der Waals surface area contributed by atoms with Crippen molar-refractivity contribution in [3.63, 3.8) is 0 Å². The highest BCUT2D eigenvalue weighted by Crippen LogP contribution is 2.30. The van der Waals surface area contributed by atoms with Crippen molar-refractivity contribution in [1.82, 2.24) is 0 Å². The average Bonchev–Trinajstić information content (AvgIpc) is 2.44. The minimum atomic E-state index is -1.11. The smallest absolute Gasteiger partial charge is 0.304 e. The quantitative estimate of drug-likeness (QED) is 0.802. The molecule has 0 saturated carbocycles. The van der Waals surface area contributed by atoms with E-state index >= 15 is 0 Å². The molecule has 0 spiro atoms. The van der Waals surface area contributed by atoms with Gasteiger partial charge in [0.2, 0.25) is 0 Å². The molecule has 4 nitrogen and oxygen atoms in total. The molecule has 0 amide bonds. The molecule has 1 saturated heterocycles. The van der Waals surface area contributed by atoms with Crippen molar-refractivity contribution in [3.05, 3.63) is 0 Å². The van der Waals surface area contributed by atoms with E-state index in [4.69, 9.17) is 9.84 Å². The first-order valence-electron chi connectivity index (χ1n) is 5.57. The van der Waals surface area contributed by atoms with E-state index in [0.717, 1.165) is 12.8 Å². The molecule has 1 rings (SSSR count). The molecule has 16 heavy (non-hydrogen) atoms. The van der Waals surface area contributed by atoms with Gasteiger partial charge >= 0.3 is 5.97 Å². The van der Waals surface area contributed by atoms with E-state index in [-0.39, 0.29) is 23.4 Å². The second-order valence-electron chi connectivity index (χ2n) is 4.99. The molecule has 0 aromatic rings. The van der Waals surface area contributed by atoms with E-state index < -0.39 is 16.8 Å². The highest BCUT2D eigenvalue weighted by atomic mass is 32.2. The van der Waals surface area contributed by atoms with E-state index in [1.54, 1.807) is 6.92 Å². The molecule has 0 aromatic carbocycles. The number of carbonyl (C=O) groups is 1. The average molecular weight is 248 g/mol. The zero-order valence-corrected chi connectivity index (χ0v) is 10.9. The van der Waals surface area contributed by atoms with Crippen molar-refractivity contribution < 1.29 is 18.8 Å². The third-order valence-corrected chi connectivity index (χ3v) is 4.58. The molecule has 0 bridgehead atoms. The van der Waals surface area contributed by atoms with Crippen LogP contribution in [-0.4, -0.2) is 38.0 Å². The number of ether oxygens (including phenoxy) is 1. The zero-order chi connectivity index (χ0) is 12.3. The molecule has 5 heteroatoms. The van der Waals surface area contributed by atoms with Crippen LogP contribution in [0.2, 0.25) is 0 Å². The Kier molecular flexibility index (Phi) is 4.50. The lowest BCUT2D eigenvalue weighted by atomic mass is 10.1. The summed E-state index contributed by atoms with van der Waals surface area (Å²) in [4.78, 5) is 10.5. The standard InChI is InChI=1S/C11H20O4S/c1-8(6-10(12)13)16(14)7-9-4-5-11(2,3)15-9/h8-9H,4-7H2,1-3H3,(H,12,13). The molecular formula is C11H20O4S. The Morgan fingerprint density at radius 3 is 2.69 bits per heavy atom. The molecular weight excluding hydrogens is 228 g/mol. The monoisotopic (exact) mass is 248 g/mol. The van der Waals surface area contributed by atoms with Gasteiger partial charge in [-0.3, -0.25) is 9.00 Å². The molecule has 94 valence electrons. The summed E-state index contributed by atoms with van der Waals surface area (Å²) >= 11 is 0. The Morgan fingerprint density at radius 1 is 1.62 bits per heavy atom. The third kappa shape index (κ3) is 4.22. The first-order chi connectivity index (χ1) is 7.30. The van der Waals surface area contributed by atoms with Crippen LogP contribution in [0.5, 0.6) is 0 Å². The maximum absolute atomic E-state index is 11.8. The summed E-state index contributed by atoms with van der Waals surface area (Å²) in [5.74, 6) is -0.439. The van der Waals surface area contributed by atoms with Gasteiger partial charge in [0, 0.05) is 16.0 Å². The number of aliphatic carboxylic acids is 1. The van der Waals surface area contributed by atoms with Crippen molar-refractivity contribution in [1.29, 1.82) is 0 Å². The summed E-state index contributed by atoms with van der Waals surface area (Å²) in [5.41, 5.74) is -0.120. The van der Waals surface area contributed by atoms with Crippen molar-refractivity contribution >= 4 is 16.8 Å². The number of rotatable bonds is 5. The van der Waals surface area contributed by atoms with E-state index in [9.17, 15) is 9.00 Å². The lowest BCUT2D eigenvalue weighted by molar-refractivity contribution is -0.136. The maximum Gasteiger partial charge on any atom is 0.304 e. The van der Waals surface area contributed by atoms with Crippen LogP contribution in [0.4, 0.5) is 0 Å². The van der Waals surface area contributed by atoms with Gasteiger partial charge in [-0.2, -0.15) is 0 Å². The number of hydrogen-bond acceptors (Lipinski definition) is 3. The van der Waals surface area contributed by atoms with Crippen LogP contribution >= 0.6 is 0 Å². The lowest BCUT2D eigenvalue weighted by Gasteiger charge is -2.19. The summed E-state index contributed by atoms with van der Waals surface area (Å²) < 4.78 is 17.5. The van der Waals surface area contributed by atoms with Gasteiger partial charge in [0.05, 0.1) is 23.9 Å². The first-order valence-corrected chi connectivity index (χ1v) is 6.95. The summed E-state index contributed by atoms with van der Waals surface area (Å²) in [7, 11) is -1.11. The Balaban J connectivity index is 2.38. The summed E-state index contributed by atoms with van der Waals surface area (Å²) in [6.45, 7) is 5.76. The fourth-order valence-electron chi connectivity index (χ4n) is 1.88. The van der Waals surface area contributed by atoms with Crippen molar-refractivity contribution in [3.8, 4) is 0 Å². The van der Waals surface area contributed by atoms with Crippen LogP contribution in [0.1, 0.15) is 40.0 Å². The first kappa shape index (κ1) is 13.6. The maximum atomic E-state index is 11.8. The van der Waals surface area contributed by atoms with Gasteiger partial charge in [-0.05, 0) is 26.7 Å². The van der Waals surface area contributed by atoms with Crippen LogP contribution in [-0.2, 0) is 20.3 Å². The molecule has 3 atom stereocenters. The fraction of sp³-hybridized carbons (Fsp3) is 0.909. The topological polar surface area (TPSA) is 63.6 Å². The third-order valence-electron chi connectivity index (χ3n) is 2.82. The second-order valence-corrected chi connectivity index (χ2v) is 6.89. The Labute approximate surface area is 98.8 Å². The minimum Gasteiger partial charge on any atom is -0.481 e. The number of carboxylic acids is 1.